The largest absolute Gasteiger partial charge is 0.491 e. The highest BCUT2D eigenvalue weighted by Gasteiger charge is 2.35. The summed E-state index contributed by atoms with van der Waals surface area (Å²) in [5.74, 6) is -0.434. The van der Waals surface area contributed by atoms with Gasteiger partial charge in [0.25, 0.3) is 5.91 Å². The molecule has 2 amide bonds. The molecule has 2 atom stereocenters. The molecule has 3 rings (SSSR count). The van der Waals surface area contributed by atoms with Crippen molar-refractivity contribution in [3.05, 3.63) is 29.8 Å². The van der Waals surface area contributed by atoms with Crippen LogP contribution in [0.3, 0.4) is 0 Å². The van der Waals surface area contributed by atoms with Crippen molar-refractivity contribution in [2.24, 2.45) is 0 Å². The van der Waals surface area contributed by atoms with Crippen molar-refractivity contribution in [2.45, 2.75) is 51.2 Å². The number of carbonyl (C=O) groups excluding carboxylic acids is 3. The van der Waals surface area contributed by atoms with Gasteiger partial charge in [-0.15, -0.1) is 0 Å². The summed E-state index contributed by atoms with van der Waals surface area (Å²) in [6.45, 7) is 4.29. The van der Waals surface area contributed by atoms with Gasteiger partial charge in [-0.05, 0) is 43.5 Å². The molecule has 2 unspecified atom stereocenters. The molecule has 2 saturated heterocycles. The number of hydrogen-bond donors (Lipinski definition) is 1. The summed E-state index contributed by atoms with van der Waals surface area (Å²) >= 11 is 0. The molecule has 2 heterocycles. The highest BCUT2D eigenvalue weighted by atomic mass is 16.5. The molecule has 0 aromatic heterocycles. The number of hydrogen-bond acceptors (Lipinski definition) is 6. The van der Waals surface area contributed by atoms with Crippen molar-refractivity contribution in [2.75, 3.05) is 32.9 Å². The summed E-state index contributed by atoms with van der Waals surface area (Å²) in [6.07, 6.45) is 3.70. The molecule has 0 saturated carbocycles. The zero-order chi connectivity index (χ0) is 21.3. The maximum atomic E-state index is 13.0. The third-order valence-electron chi connectivity index (χ3n) is 5.27. The number of piperazine rings is 1. The summed E-state index contributed by atoms with van der Waals surface area (Å²) in [6, 6.07) is 5.96. The molecular formula is C22H30N2O6. The molecule has 8 heteroatoms. The van der Waals surface area contributed by atoms with E-state index >= 15 is 0 Å². The number of ether oxygens (including phenoxy) is 3. The Morgan fingerprint density at radius 1 is 1.27 bits per heavy atom. The van der Waals surface area contributed by atoms with Gasteiger partial charge in [0, 0.05) is 25.3 Å². The molecule has 0 radical (unpaired) electrons. The van der Waals surface area contributed by atoms with Crippen LogP contribution in [-0.4, -0.2) is 67.7 Å². The molecule has 8 nitrogen and oxygen atoms in total. The van der Waals surface area contributed by atoms with Gasteiger partial charge in [-0.3, -0.25) is 14.4 Å². The first-order valence-corrected chi connectivity index (χ1v) is 10.7. The lowest BCUT2D eigenvalue weighted by atomic mass is 10.1. The van der Waals surface area contributed by atoms with Gasteiger partial charge in [0.1, 0.15) is 18.4 Å². The van der Waals surface area contributed by atoms with Crippen LogP contribution in [0.4, 0.5) is 0 Å². The van der Waals surface area contributed by atoms with Crippen molar-refractivity contribution in [1.29, 1.82) is 0 Å². The van der Waals surface area contributed by atoms with E-state index in [0.29, 0.717) is 37.6 Å². The average Bonchev–Trinajstić information content (AvgIpc) is 3.27. The third kappa shape index (κ3) is 5.95. The van der Waals surface area contributed by atoms with Gasteiger partial charge in [-0.1, -0.05) is 13.3 Å². The van der Waals surface area contributed by atoms with E-state index in [1.807, 2.05) is 6.92 Å². The molecular weight excluding hydrogens is 388 g/mol. The Labute approximate surface area is 176 Å². The normalized spacial score (nSPS) is 21.2. The quantitative estimate of drug-likeness (QED) is 0.486. The van der Waals surface area contributed by atoms with Crippen LogP contribution in [0, 0.1) is 0 Å². The second-order valence-electron chi connectivity index (χ2n) is 7.55. The second kappa shape index (κ2) is 11.0. The van der Waals surface area contributed by atoms with Gasteiger partial charge in [0.05, 0.1) is 19.1 Å². The molecule has 0 bridgehead atoms. The molecule has 2 aliphatic heterocycles. The number of unbranched alkanes of at least 4 members (excludes halogenated alkanes) is 1. The monoisotopic (exact) mass is 418 g/mol. The minimum atomic E-state index is -0.865. The zero-order valence-corrected chi connectivity index (χ0v) is 17.4. The van der Waals surface area contributed by atoms with E-state index in [-0.39, 0.29) is 24.3 Å². The maximum Gasteiger partial charge on any atom is 0.308 e. The van der Waals surface area contributed by atoms with Gasteiger partial charge in [0.2, 0.25) is 5.91 Å². The molecule has 164 valence electrons. The molecule has 1 N–H and O–H groups in total. The van der Waals surface area contributed by atoms with E-state index in [9.17, 15) is 14.4 Å². The predicted octanol–water partition coefficient (Wildman–Crippen LogP) is 1.92. The molecule has 30 heavy (non-hydrogen) atoms. The molecule has 1 aromatic carbocycles. The number of nitrogens with one attached hydrogen (secondary N) is 1. The van der Waals surface area contributed by atoms with Crippen LogP contribution in [0.5, 0.6) is 5.75 Å². The van der Waals surface area contributed by atoms with Crippen LogP contribution in [0.15, 0.2) is 24.3 Å². The van der Waals surface area contributed by atoms with Crippen LogP contribution in [0.2, 0.25) is 0 Å². The second-order valence-corrected chi connectivity index (χ2v) is 7.55. The van der Waals surface area contributed by atoms with Crippen LogP contribution in [0.25, 0.3) is 0 Å². The van der Waals surface area contributed by atoms with Crippen LogP contribution in [0.1, 0.15) is 49.4 Å². The maximum absolute atomic E-state index is 13.0. The lowest BCUT2D eigenvalue weighted by molar-refractivity contribution is -0.147. The molecule has 2 aliphatic rings. The number of rotatable bonds is 9. The first-order valence-electron chi connectivity index (χ1n) is 10.7. The predicted molar refractivity (Wildman–Crippen MR) is 109 cm³/mol. The number of amides is 2. The molecule has 2 fully saturated rings. The topological polar surface area (TPSA) is 94.2 Å². The fourth-order valence-corrected chi connectivity index (χ4v) is 3.53. The van der Waals surface area contributed by atoms with E-state index in [0.717, 1.165) is 32.3 Å². The third-order valence-corrected chi connectivity index (χ3v) is 5.27. The van der Waals surface area contributed by atoms with Crippen molar-refractivity contribution in [3.63, 3.8) is 0 Å². The average molecular weight is 418 g/mol. The zero-order valence-electron chi connectivity index (χ0n) is 17.4. The number of benzene rings is 1. The highest BCUT2D eigenvalue weighted by molar-refractivity contribution is 5.99. The fraction of sp³-hybridized carbons (Fsp3) is 0.591. The first kappa shape index (κ1) is 22.1. The molecule has 0 aliphatic carbocycles. The summed E-state index contributed by atoms with van der Waals surface area (Å²) in [5, 5.41) is 2.72. The smallest absolute Gasteiger partial charge is 0.308 e. The highest BCUT2D eigenvalue weighted by Crippen LogP contribution is 2.19. The Balaban J connectivity index is 1.59. The van der Waals surface area contributed by atoms with E-state index in [1.54, 1.807) is 24.3 Å². The molecule has 1 aromatic rings. The van der Waals surface area contributed by atoms with Gasteiger partial charge in [-0.2, -0.15) is 0 Å². The van der Waals surface area contributed by atoms with E-state index in [2.05, 4.69) is 5.32 Å². The van der Waals surface area contributed by atoms with Gasteiger partial charge in [0.15, 0.2) is 0 Å². The van der Waals surface area contributed by atoms with Gasteiger partial charge in [-0.25, -0.2) is 0 Å². The fourth-order valence-electron chi connectivity index (χ4n) is 3.53. The van der Waals surface area contributed by atoms with Gasteiger partial charge >= 0.3 is 5.97 Å². The summed E-state index contributed by atoms with van der Waals surface area (Å²) in [7, 11) is 0. The van der Waals surface area contributed by atoms with Crippen LogP contribution >= 0.6 is 0 Å². The Morgan fingerprint density at radius 2 is 2.07 bits per heavy atom. The van der Waals surface area contributed by atoms with Crippen LogP contribution in [-0.2, 0) is 19.1 Å². The van der Waals surface area contributed by atoms with E-state index in [4.69, 9.17) is 14.2 Å². The first-order chi connectivity index (χ1) is 14.6. The Morgan fingerprint density at radius 3 is 2.77 bits per heavy atom. The standard InChI is InChI=1S/C22H30N2O6/c1-2-3-12-29-20(25)14-19-21(26)23-10-11-24(19)22(27)16-6-8-17(9-7-16)30-15-18-5-4-13-28-18/h6-9,18-19H,2-5,10-15H2,1H3,(H,23,26). The van der Waals surface area contributed by atoms with Crippen molar-refractivity contribution in [3.8, 4) is 5.75 Å². The lowest BCUT2D eigenvalue weighted by Gasteiger charge is -2.34. The summed E-state index contributed by atoms with van der Waals surface area (Å²) in [4.78, 5) is 38.9. The minimum absolute atomic E-state index is 0.121. The Bertz CT molecular complexity index is 730. The lowest BCUT2D eigenvalue weighted by Crippen LogP contribution is -2.57. The van der Waals surface area contributed by atoms with E-state index < -0.39 is 12.0 Å². The number of carbonyl (C=O) groups is 3. The van der Waals surface area contributed by atoms with Crippen LogP contribution < -0.4 is 10.1 Å². The summed E-state index contributed by atoms with van der Waals surface area (Å²) < 4.78 is 16.4. The SMILES string of the molecule is CCCCOC(=O)CC1C(=O)NCCN1C(=O)c1ccc(OCC2CCCO2)cc1. The Kier molecular flexibility index (Phi) is 8.07. The number of nitrogens with zero attached hydrogens (tertiary/aromatic N) is 1. The Hall–Kier alpha value is -2.61. The van der Waals surface area contributed by atoms with Crippen molar-refractivity contribution >= 4 is 17.8 Å². The minimum Gasteiger partial charge on any atom is -0.491 e. The van der Waals surface area contributed by atoms with Crippen molar-refractivity contribution in [1.82, 2.24) is 10.2 Å². The van der Waals surface area contributed by atoms with Gasteiger partial charge < -0.3 is 24.4 Å². The molecule has 0 spiro atoms. The summed E-state index contributed by atoms with van der Waals surface area (Å²) in [5.41, 5.74) is 0.443. The van der Waals surface area contributed by atoms with E-state index in [1.165, 1.54) is 4.90 Å². The number of esters is 1. The van der Waals surface area contributed by atoms with Crippen molar-refractivity contribution < 1.29 is 28.6 Å².